The summed E-state index contributed by atoms with van der Waals surface area (Å²) < 4.78 is 0. The summed E-state index contributed by atoms with van der Waals surface area (Å²) in [6.07, 6.45) is 3.96. The lowest BCUT2D eigenvalue weighted by molar-refractivity contribution is -0.385. The van der Waals surface area contributed by atoms with Crippen LogP contribution >= 0.6 is 11.6 Å². The van der Waals surface area contributed by atoms with Gasteiger partial charge in [0.25, 0.3) is 5.69 Å². The molecular weight excluding hydrogens is 294 g/mol. The second kappa shape index (κ2) is 6.62. The number of nitrogens with one attached hydrogen (secondary N) is 1. The highest BCUT2D eigenvalue weighted by atomic mass is 35.5. The fraction of sp³-hybridized carbons (Fsp3) is 0. The number of halogens is 1. The third kappa shape index (κ3) is 4.12. The summed E-state index contributed by atoms with van der Waals surface area (Å²) in [6.45, 7) is 0. The second-order valence-corrected chi connectivity index (χ2v) is 4.41. The van der Waals surface area contributed by atoms with Gasteiger partial charge in [-0.15, -0.1) is 0 Å². The Balaban J connectivity index is 2.02. The lowest BCUT2D eigenvalue weighted by Crippen LogP contribution is -2.09. The van der Waals surface area contributed by atoms with E-state index in [1.807, 2.05) is 0 Å². The van der Waals surface area contributed by atoms with Crippen LogP contribution in [-0.2, 0) is 4.79 Å². The lowest BCUT2D eigenvalue weighted by Gasteiger charge is -2.00. The van der Waals surface area contributed by atoms with Crippen molar-refractivity contribution in [1.82, 2.24) is 4.98 Å². The third-order valence-electron chi connectivity index (χ3n) is 2.53. The molecule has 0 saturated heterocycles. The van der Waals surface area contributed by atoms with Crippen LogP contribution in [0.5, 0.6) is 0 Å². The molecule has 1 aromatic carbocycles. The van der Waals surface area contributed by atoms with Crippen LogP contribution in [0.1, 0.15) is 5.56 Å². The number of hydrogen-bond donors (Lipinski definition) is 1. The van der Waals surface area contributed by atoms with Crippen LogP contribution in [0.3, 0.4) is 0 Å². The summed E-state index contributed by atoms with van der Waals surface area (Å²) in [6, 6.07) is 9.72. The topological polar surface area (TPSA) is 85.1 Å². The zero-order valence-electron chi connectivity index (χ0n) is 10.7. The van der Waals surface area contributed by atoms with Crippen molar-refractivity contribution in [2.45, 2.75) is 0 Å². The molecule has 7 heteroatoms. The van der Waals surface area contributed by atoms with E-state index in [0.29, 0.717) is 10.6 Å². The van der Waals surface area contributed by atoms with E-state index in [2.05, 4.69) is 10.3 Å². The lowest BCUT2D eigenvalue weighted by atomic mass is 10.2. The smallest absolute Gasteiger partial charge is 0.287 e. The largest absolute Gasteiger partial charge is 0.307 e. The fourth-order valence-corrected chi connectivity index (χ4v) is 1.71. The fourth-order valence-electron chi connectivity index (χ4n) is 1.51. The van der Waals surface area contributed by atoms with Gasteiger partial charge in [0, 0.05) is 17.2 Å². The maximum Gasteiger partial charge on any atom is 0.287 e. The highest BCUT2D eigenvalue weighted by Gasteiger charge is 2.06. The molecule has 1 N–H and O–H groups in total. The Bertz CT molecular complexity index is 699. The van der Waals surface area contributed by atoms with Crippen molar-refractivity contribution in [3.8, 4) is 0 Å². The van der Waals surface area contributed by atoms with Gasteiger partial charge in [-0.3, -0.25) is 14.9 Å². The standard InChI is InChI=1S/C14H10ClN3O3/c15-12-4-2-1-3-10(12)5-8-14(19)17-13-7-6-11(9-16-13)18(20)21/h1-9H,(H,16,17,19)/b8-5+. The van der Waals surface area contributed by atoms with Crippen molar-refractivity contribution in [3.05, 3.63) is 69.4 Å². The van der Waals surface area contributed by atoms with Crippen LogP contribution in [0, 0.1) is 10.1 Å². The van der Waals surface area contributed by atoms with Crippen LogP contribution < -0.4 is 5.32 Å². The highest BCUT2D eigenvalue weighted by molar-refractivity contribution is 6.32. The monoisotopic (exact) mass is 303 g/mol. The van der Waals surface area contributed by atoms with Gasteiger partial charge in [-0.25, -0.2) is 4.98 Å². The van der Waals surface area contributed by atoms with E-state index in [-0.39, 0.29) is 11.5 Å². The molecule has 106 valence electrons. The number of rotatable bonds is 4. The first-order chi connectivity index (χ1) is 10.1. The van der Waals surface area contributed by atoms with E-state index < -0.39 is 10.8 Å². The first kappa shape index (κ1) is 14.7. The van der Waals surface area contributed by atoms with Crippen LogP contribution in [0.25, 0.3) is 6.08 Å². The summed E-state index contributed by atoms with van der Waals surface area (Å²) >= 11 is 5.96. The van der Waals surface area contributed by atoms with Gasteiger partial charge in [0.1, 0.15) is 12.0 Å². The normalized spacial score (nSPS) is 10.5. The number of amides is 1. The third-order valence-corrected chi connectivity index (χ3v) is 2.87. The Labute approximate surface area is 125 Å². The molecule has 0 aliphatic rings. The molecule has 1 heterocycles. The van der Waals surface area contributed by atoms with E-state index in [4.69, 9.17) is 11.6 Å². The Hall–Kier alpha value is -2.73. The van der Waals surface area contributed by atoms with E-state index in [9.17, 15) is 14.9 Å². The number of nitrogens with zero attached hydrogens (tertiary/aromatic N) is 2. The number of aromatic nitrogens is 1. The predicted octanol–water partition coefficient (Wildman–Crippen LogP) is 3.30. The Morgan fingerprint density at radius 1 is 1.29 bits per heavy atom. The molecule has 21 heavy (non-hydrogen) atoms. The van der Waals surface area contributed by atoms with Crippen molar-refractivity contribution in [2.24, 2.45) is 0 Å². The molecule has 2 aromatic rings. The number of hydrogen-bond acceptors (Lipinski definition) is 4. The number of pyridine rings is 1. The van der Waals surface area contributed by atoms with Crippen LogP contribution in [-0.4, -0.2) is 15.8 Å². The average Bonchev–Trinajstić information content (AvgIpc) is 2.47. The zero-order valence-corrected chi connectivity index (χ0v) is 11.4. The van der Waals surface area contributed by atoms with Crippen molar-refractivity contribution < 1.29 is 9.72 Å². The zero-order chi connectivity index (χ0) is 15.2. The van der Waals surface area contributed by atoms with Gasteiger partial charge < -0.3 is 5.32 Å². The molecular formula is C14H10ClN3O3. The Morgan fingerprint density at radius 2 is 2.05 bits per heavy atom. The number of carbonyl (C=O) groups excluding carboxylic acids is 1. The SMILES string of the molecule is O=C(/C=C/c1ccccc1Cl)Nc1ccc([N+](=O)[O-])cn1. The van der Waals surface area contributed by atoms with Gasteiger partial charge in [0.2, 0.25) is 5.91 Å². The van der Waals surface area contributed by atoms with E-state index in [0.717, 1.165) is 6.20 Å². The van der Waals surface area contributed by atoms with Crippen molar-refractivity contribution in [2.75, 3.05) is 5.32 Å². The van der Waals surface area contributed by atoms with Gasteiger partial charge in [-0.2, -0.15) is 0 Å². The summed E-state index contributed by atoms with van der Waals surface area (Å²) in [4.78, 5) is 25.4. The minimum atomic E-state index is -0.560. The molecule has 1 amide bonds. The summed E-state index contributed by atoms with van der Waals surface area (Å²) in [7, 11) is 0. The van der Waals surface area contributed by atoms with Crippen LogP contribution in [0.15, 0.2) is 48.7 Å². The second-order valence-electron chi connectivity index (χ2n) is 4.00. The Kier molecular flexibility index (Phi) is 4.63. The molecule has 0 unspecified atom stereocenters. The molecule has 0 saturated carbocycles. The molecule has 1 aromatic heterocycles. The van der Waals surface area contributed by atoms with Gasteiger partial charge >= 0.3 is 0 Å². The highest BCUT2D eigenvalue weighted by Crippen LogP contribution is 2.16. The molecule has 0 aliphatic heterocycles. The average molecular weight is 304 g/mol. The van der Waals surface area contributed by atoms with Crippen LogP contribution in [0.4, 0.5) is 11.5 Å². The molecule has 2 rings (SSSR count). The molecule has 0 fully saturated rings. The Morgan fingerprint density at radius 3 is 2.67 bits per heavy atom. The number of benzene rings is 1. The van der Waals surface area contributed by atoms with E-state index in [1.54, 1.807) is 30.3 Å². The quantitative estimate of drug-likeness (QED) is 0.533. The van der Waals surface area contributed by atoms with Crippen molar-refractivity contribution >= 4 is 35.1 Å². The first-order valence-electron chi connectivity index (χ1n) is 5.90. The van der Waals surface area contributed by atoms with Gasteiger partial charge in [0.05, 0.1) is 4.92 Å². The molecule has 0 radical (unpaired) electrons. The first-order valence-corrected chi connectivity index (χ1v) is 6.28. The van der Waals surface area contributed by atoms with Crippen molar-refractivity contribution in [3.63, 3.8) is 0 Å². The predicted molar refractivity (Wildman–Crippen MR) is 80.0 cm³/mol. The number of nitro groups is 1. The van der Waals surface area contributed by atoms with Crippen molar-refractivity contribution in [1.29, 1.82) is 0 Å². The molecule has 0 aliphatic carbocycles. The maximum atomic E-state index is 11.7. The van der Waals surface area contributed by atoms with Gasteiger partial charge in [-0.05, 0) is 23.8 Å². The summed E-state index contributed by atoms with van der Waals surface area (Å²) in [5, 5.41) is 13.5. The minimum Gasteiger partial charge on any atom is -0.307 e. The molecule has 0 bridgehead atoms. The minimum absolute atomic E-state index is 0.139. The number of anilines is 1. The van der Waals surface area contributed by atoms with Gasteiger partial charge in [0.15, 0.2) is 0 Å². The van der Waals surface area contributed by atoms with E-state index in [1.165, 1.54) is 18.2 Å². The summed E-state index contributed by atoms with van der Waals surface area (Å²) in [5.41, 5.74) is 0.575. The van der Waals surface area contributed by atoms with Crippen LogP contribution in [0.2, 0.25) is 5.02 Å². The molecule has 6 nitrogen and oxygen atoms in total. The molecule has 0 atom stereocenters. The maximum absolute atomic E-state index is 11.7. The summed E-state index contributed by atoms with van der Waals surface area (Å²) in [5.74, 6) is -0.175. The number of carbonyl (C=O) groups is 1. The van der Waals surface area contributed by atoms with E-state index >= 15 is 0 Å². The molecule has 0 spiro atoms. The van der Waals surface area contributed by atoms with Gasteiger partial charge in [-0.1, -0.05) is 29.8 Å².